The van der Waals surface area contributed by atoms with E-state index in [0.717, 1.165) is 6.07 Å². The Morgan fingerprint density at radius 2 is 2.07 bits per heavy atom. The first kappa shape index (κ1) is 11.9. The van der Waals surface area contributed by atoms with Crippen LogP contribution in [0.3, 0.4) is 0 Å². The number of ether oxygens (including phenoxy) is 1. The second kappa shape index (κ2) is 4.12. The van der Waals surface area contributed by atoms with Crippen LogP contribution in [0.5, 0.6) is 5.75 Å². The number of aliphatic hydroxyl groups is 1. The van der Waals surface area contributed by atoms with Crippen LogP contribution >= 0.6 is 0 Å². The van der Waals surface area contributed by atoms with Gasteiger partial charge in [0.2, 0.25) is 0 Å². The second-order valence-corrected chi connectivity index (χ2v) is 3.54. The van der Waals surface area contributed by atoms with Crippen molar-refractivity contribution in [1.82, 2.24) is 0 Å². The fourth-order valence-corrected chi connectivity index (χ4v) is 1.28. The van der Waals surface area contributed by atoms with E-state index >= 15 is 0 Å². The van der Waals surface area contributed by atoms with Crippen molar-refractivity contribution < 1.29 is 18.6 Å². The van der Waals surface area contributed by atoms with E-state index in [0.29, 0.717) is 6.07 Å². The molecule has 1 rings (SSSR count). The van der Waals surface area contributed by atoms with Crippen LogP contribution in [0.25, 0.3) is 0 Å². The fourth-order valence-electron chi connectivity index (χ4n) is 1.28. The molecule has 1 atom stereocenters. The summed E-state index contributed by atoms with van der Waals surface area (Å²) in [4.78, 5) is 0. The van der Waals surface area contributed by atoms with Crippen molar-refractivity contribution in [3.63, 3.8) is 0 Å². The maximum absolute atomic E-state index is 13.3. The summed E-state index contributed by atoms with van der Waals surface area (Å²) in [6, 6.07) is 1.76. The summed E-state index contributed by atoms with van der Waals surface area (Å²) in [7, 11) is 1.26. The quantitative estimate of drug-likeness (QED) is 0.798. The van der Waals surface area contributed by atoms with Crippen LogP contribution in [0.15, 0.2) is 12.1 Å². The highest BCUT2D eigenvalue weighted by Crippen LogP contribution is 2.31. The first-order valence-electron chi connectivity index (χ1n) is 4.35. The van der Waals surface area contributed by atoms with Gasteiger partial charge in [-0.1, -0.05) is 0 Å². The van der Waals surface area contributed by atoms with E-state index in [1.54, 1.807) is 0 Å². The SMILES string of the molecule is COc1c(F)cc(F)cc1C(C)(N)CO. The molecule has 0 heterocycles. The molecule has 0 aromatic heterocycles. The Hall–Kier alpha value is -1.20. The fraction of sp³-hybridized carbons (Fsp3) is 0.400. The number of halogens is 2. The maximum Gasteiger partial charge on any atom is 0.168 e. The maximum atomic E-state index is 13.3. The second-order valence-electron chi connectivity index (χ2n) is 3.54. The van der Waals surface area contributed by atoms with Crippen LogP contribution in [0, 0.1) is 11.6 Å². The third kappa shape index (κ3) is 2.24. The van der Waals surface area contributed by atoms with Gasteiger partial charge in [-0.3, -0.25) is 0 Å². The summed E-state index contributed by atoms with van der Waals surface area (Å²) < 4.78 is 31.0. The smallest absolute Gasteiger partial charge is 0.168 e. The van der Waals surface area contributed by atoms with Crippen molar-refractivity contribution in [2.75, 3.05) is 13.7 Å². The van der Waals surface area contributed by atoms with Crippen molar-refractivity contribution in [3.05, 3.63) is 29.3 Å². The molecule has 0 aliphatic carbocycles. The first-order chi connectivity index (χ1) is 6.92. The van der Waals surface area contributed by atoms with E-state index in [2.05, 4.69) is 0 Å². The Labute approximate surface area is 86.5 Å². The molecular weight excluding hydrogens is 204 g/mol. The van der Waals surface area contributed by atoms with Crippen molar-refractivity contribution in [2.24, 2.45) is 5.73 Å². The number of nitrogens with two attached hydrogens (primary N) is 1. The molecule has 0 radical (unpaired) electrons. The summed E-state index contributed by atoms with van der Waals surface area (Å²) in [5.41, 5.74) is 4.55. The van der Waals surface area contributed by atoms with Crippen LogP contribution in [-0.4, -0.2) is 18.8 Å². The first-order valence-corrected chi connectivity index (χ1v) is 4.35. The molecule has 3 nitrogen and oxygen atoms in total. The molecule has 0 aliphatic rings. The molecule has 0 fully saturated rings. The Balaban J connectivity index is 3.39. The monoisotopic (exact) mass is 217 g/mol. The summed E-state index contributed by atoms with van der Waals surface area (Å²) in [6.45, 7) is 1.02. The molecule has 0 aliphatic heterocycles. The summed E-state index contributed by atoms with van der Waals surface area (Å²) >= 11 is 0. The zero-order valence-corrected chi connectivity index (χ0v) is 8.55. The normalized spacial score (nSPS) is 14.8. The van der Waals surface area contributed by atoms with Crippen LogP contribution < -0.4 is 10.5 Å². The molecule has 1 aromatic carbocycles. The van der Waals surface area contributed by atoms with E-state index in [4.69, 9.17) is 15.6 Å². The number of hydrogen-bond acceptors (Lipinski definition) is 3. The highest BCUT2D eigenvalue weighted by molar-refractivity contribution is 5.40. The zero-order chi connectivity index (χ0) is 11.6. The molecule has 1 unspecified atom stereocenters. The van der Waals surface area contributed by atoms with Gasteiger partial charge >= 0.3 is 0 Å². The third-order valence-electron chi connectivity index (χ3n) is 2.16. The van der Waals surface area contributed by atoms with E-state index in [1.165, 1.54) is 14.0 Å². The Morgan fingerprint density at radius 1 is 1.47 bits per heavy atom. The van der Waals surface area contributed by atoms with Gasteiger partial charge in [-0.05, 0) is 13.0 Å². The summed E-state index contributed by atoms with van der Waals surface area (Å²) in [5.74, 6) is -1.73. The highest BCUT2D eigenvalue weighted by Gasteiger charge is 2.27. The molecule has 3 N–H and O–H groups in total. The third-order valence-corrected chi connectivity index (χ3v) is 2.16. The lowest BCUT2D eigenvalue weighted by Crippen LogP contribution is -2.37. The van der Waals surface area contributed by atoms with Crippen LogP contribution in [0.4, 0.5) is 8.78 Å². The van der Waals surface area contributed by atoms with Gasteiger partial charge in [0.15, 0.2) is 11.6 Å². The Morgan fingerprint density at radius 3 is 2.53 bits per heavy atom. The average molecular weight is 217 g/mol. The molecule has 5 heteroatoms. The van der Waals surface area contributed by atoms with Gasteiger partial charge in [0.25, 0.3) is 0 Å². The molecule has 15 heavy (non-hydrogen) atoms. The van der Waals surface area contributed by atoms with Gasteiger partial charge in [0, 0.05) is 11.6 Å². The van der Waals surface area contributed by atoms with E-state index < -0.39 is 23.8 Å². The number of benzene rings is 1. The Bertz CT molecular complexity index is 367. The largest absolute Gasteiger partial charge is 0.493 e. The minimum Gasteiger partial charge on any atom is -0.493 e. The minimum atomic E-state index is -1.24. The van der Waals surface area contributed by atoms with Gasteiger partial charge in [-0.15, -0.1) is 0 Å². The lowest BCUT2D eigenvalue weighted by atomic mass is 9.93. The van der Waals surface area contributed by atoms with Gasteiger partial charge < -0.3 is 15.6 Å². The highest BCUT2D eigenvalue weighted by atomic mass is 19.1. The van der Waals surface area contributed by atoms with Crippen molar-refractivity contribution in [3.8, 4) is 5.75 Å². The lowest BCUT2D eigenvalue weighted by molar-refractivity contribution is 0.205. The lowest BCUT2D eigenvalue weighted by Gasteiger charge is -2.24. The summed E-state index contributed by atoms with van der Waals surface area (Å²) in [5, 5.41) is 9.02. The van der Waals surface area contributed by atoms with Crippen molar-refractivity contribution in [2.45, 2.75) is 12.5 Å². The standard InChI is InChI=1S/C10H13F2NO2/c1-10(13,5-14)7-3-6(11)4-8(12)9(7)15-2/h3-4,14H,5,13H2,1-2H3. The van der Waals surface area contributed by atoms with Crippen LogP contribution in [-0.2, 0) is 5.54 Å². The topological polar surface area (TPSA) is 55.5 Å². The van der Waals surface area contributed by atoms with Gasteiger partial charge in [-0.2, -0.15) is 0 Å². The molecule has 84 valence electrons. The molecule has 0 bridgehead atoms. The van der Waals surface area contributed by atoms with E-state index in [-0.39, 0.29) is 11.3 Å². The molecule has 0 amide bonds. The van der Waals surface area contributed by atoms with Gasteiger partial charge in [0.1, 0.15) is 5.82 Å². The predicted molar refractivity (Wildman–Crippen MR) is 51.5 cm³/mol. The number of aliphatic hydroxyl groups excluding tert-OH is 1. The van der Waals surface area contributed by atoms with Crippen LogP contribution in [0.2, 0.25) is 0 Å². The van der Waals surface area contributed by atoms with Crippen LogP contribution in [0.1, 0.15) is 12.5 Å². The molecular formula is C10H13F2NO2. The van der Waals surface area contributed by atoms with E-state index in [9.17, 15) is 8.78 Å². The van der Waals surface area contributed by atoms with E-state index in [1.807, 2.05) is 0 Å². The number of hydrogen-bond donors (Lipinski definition) is 2. The molecule has 1 aromatic rings. The van der Waals surface area contributed by atoms with Gasteiger partial charge in [-0.25, -0.2) is 8.78 Å². The van der Waals surface area contributed by atoms with Gasteiger partial charge in [0.05, 0.1) is 19.3 Å². The number of methoxy groups -OCH3 is 1. The predicted octanol–water partition coefficient (Wildman–Crippen LogP) is 1.14. The molecule has 0 spiro atoms. The Kier molecular flexibility index (Phi) is 3.26. The average Bonchev–Trinajstić information content (AvgIpc) is 2.16. The number of rotatable bonds is 3. The molecule has 0 saturated heterocycles. The molecule has 0 saturated carbocycles. The van der Waals surface area contributed by atoms with Crippen molar-refractivity contribution >= 4 is 0 Å². The zero-order valence-electron chi connectivity index (χ0n) is 8.55. The minimum absolute atomic E-state index is 0.102. The van der Waals surface area contributed by atoms with Crippen molar-refractivity contribution in [1.29, 1.82) is 0 Å². The summed E-state index contributed by atoms with van der Waals surface area (Å²) in [6.07, 6.45) is 0.